The summed E-state index contributed by atoms with van der Waals surface area (Å²) in [6, 6.07) is 7.57. The minimum atomic E-state index is -0.358. The van der Waals surface area contributed by atoms with Crippen LogP contribution in [0.4, 0.5) is 4.79 Å². The number of imidazole rings is 1. The highest BCUT2D eigenvalue weighted by Crippen LogP contribution is 2.16. The van der Waals surface area contributed by atoms with Crippen LogP contribution in [-0.4, -0.2) is 52.2 Å². The molecule has 27 heavy (non-hydrogen) atoms. The molecule has 0 saturated carbocycles. The van der Waals surface area contributed by atoms with Crippen molar-refractivity contribution in [1.82, 2.24) is 19.8 Å². The summed E-state index contributed by atoms with van der Waals surface area (Å²) in [5.74, 6) is 0.0242. The molecule has 0 atom stereocenters. The lowest BCUT2D eigenvalue weighted by atomic mass is 10.0. The Balaban J connectivity index is 1.47. The highest BCUT2D eigenvalue weighted by atomic mass is 16.5. The van der Waals surface area contributed by atoms with Gasteiger partial charge in [-0.05, 0) is 43.5 Å². The number of alkyl carbamates (subject to hydrolysis) is 1. The van der Waals surface area contributed by atoms with E-state index in [2.05, 4.69) is 17.2 Å². The summed E-state index contributed by atoms with van der Waals surface area (Å²) >= 11 is 0. The van der Waals surface area contributed by atoms with Crippen LogP contribution in [0.1, 0.15) is 43.0 Å². The lowest BCUT2D eigenvalue weighted by Gasteiger charge is -2.32. The van der Waals surface area contributed by atoms with Gasteiger partial charge in [0.15, 0.2) is 0 Å². The molecule has 2 amide bonds. The van der Waals surface area contributed by atoms with Gasteiger partial charge in [-0.2, -0.15) is 0 Å². The van der Waals surface area contributed by atoms with Crippen molar-refractivity contribution in [3.05, 3.63) is 48.5 Å². The fraction of sp³-hybridized carbons (Fsp3) is 0.450. The van der Waals surface area contributed by atoms with Crippen LogP contribution in [0.3, 0.4) is 0 Å². The van der Waals surface area contributed by atoms with Crippen LogP contribution in [0.15, 0.2) is 43.0 Å². The normalized spacial score (nSPS) is 14.8. The van der Waals surface area contributed by atoms with E-state index in [9.17, 15) is 9.59 Å². The van der Waals surface area contributed by atoms with Crippen LogP contribution in [0.2, 0.25) is 0 Å². The van der Waals surface area contributed by atoms with Gasteiger partial charge in [0.05, 0.1) is 12.9 Å². The van der Waals surface area contributed by atoms with Crippen molar-refractivity contribution in [2.75, 3.05) is 19.7 Å². The first-order valence-electron chi connectivity index (χ1n) is 9.48. The maximum Gasteiger partial charge on any atom is 0.407 e. The van der Waals surface area contributed by atoms with Gasteiger partial charge in [-0.1, -0.05) is 13.3 Å². The number of hydrogen-bond acceptors (Lipinski definition) is 4. The molecule has 7 nitrogen and oxygen atoms in total. The van der Waals surface area contributed by atoms with Crippen LogP contribution >= 0.6 is 0 Å². The Morgan fingerprint density at radius 2 is 1.96 bits per heavy atom. The summed E-state index contributed by atoms with van der Waals surface area (Å²) in [5.41, 5.74) is 1.64. The van der Waals surface area contributed by atoms with Crippen LogP contribution in [0.5, 0.6) is 0 Å². The molecule has 2 aromatic rings. The smallest absolute Gasteiger partial charge is 0.407 e. The standard InChI is InChI=1S/C20H26N4O3/c1-2-3-14-27-20(26)22-17-8-11-23(12-9-17)19(25)16-4-6-18(7-5-16)24-13-10-21-15-24/h4-7,10,13,15,17H,2-3,8-9,11-12,14H2,1H3,(H,22,26). The van der Waals surface area contributed by atoms with Crippen molar-refractivity contribution in [1.29, 1.82) is 0 Å². The van der Waals surface area contributed by atoms with E-state index in [4.69, 9.17) is 4.74 Å². The molecule has 1 aliphatic heterocycles. The Morgan fingerprint density at radius 1 is 1.22 bits per heavy atom. The Bertz CT molecular complexity index is 735. The van der Waals surface area contributed by atoms with Crippen molar-refractivity contribution < 1.29 is 14.3 Å². The number of rotatable bonds is 6. The van der Waals surface area contributed by atoms with Crippen molar-refractivity contribution in [3.63, 3.8) is 0 Å². The monoisotopic (exact) mass is 370 g/mol. The second-order valence-electron chi connectivity index (χ2n) is 6.72. The molecule has 1 aromatic heterocycles. The largest absolute Gasteiger partial charge is 0.450 e. The minimum Gasteiger partial charge on any atom is -0.450 e. The summed E-state index contributed by atoms with van der Waals surface area (Å²) in [6.45, 7) is 3.76. The zero-order chi connectivity index (χ0) is 19.1. The minimum absolute atomic E-state index is 0.0242. The number of hydrogen-bond donors (Lipinski definition) is 1. The number of likely N-dealkylation sites (tertiary alicyclic amines) is 1. The number of nitrogens with zero attached hydrogens (tertiary/aromatic N) is 3. The average Bonchev–Trinajstić information content (AvgIpc) is 3.23. The SMILES string of the molecule is CCCCOC(=O)NC1CCN(C(=O)c2ccc(-n3ccnc3)cc2)CC1. The van der Waals surface area contributed by atoms with Crippen LogP contribution in [-0.2, 0) is 4.74 Å². The Morgan fingerprint density at radius 3 is 2.59 bits per heavy atom. The molecule has 1 aromatic carbocycles. The van der Waals surface area contributed by atoms with Crippen molar-refractivity contribution in [2.24, 2.45) is 0 Å². The first-order valence-corrected chi connectivity index (χ1v) is 9.48. The van der Waals surface area contributed by atoms with Gasteiger partial charge < -0.3 is 19.5 Å². The number of benzene rings is 1. The number of ether oxygens (including phenoxy) is 1. The first kappa shape index (κ1) is 18.9. The van der Waals surface area contributed by atoms with Crippen molar-refractivity contribution in [3.8, 4) is 5.69 Å². The Labute approximate surface area is 159 Å². The maximum absolute atomic E-state index is 12.7. The third kappa shape index (κ3) is 5.09. The summed E-state index contributed by atoms with van der Waals surface area (Å²) in [7, 11) is 0. The van der Waals surface area contributed by atoms with E-state index < -0.39 is 0 Å². The number of carbonyl (C=O) groups excluding carboxylic acids is 2. The third-order valence-electron chi connectivity index (χ3n) is 4.75. The number of aromatic nitrogens is 2. The molecule has 2 heterocycles. The Kier molecular flexibility index (Phi) is 6.46. The molecule has 7 heteroatoms. The molecule has 1 fully saturated rings. The van der Waals surface area contributed by atoms with Crippen LogP contribution in [0.25, 0.3) is 5.69 Å². The highest BCUT2D eigenvalue weighted by molar-refractivity contribution is 5.94. The van der Waals surface area contributed by atoms with E-state index in [1.165, 1.54) is 0 Å². The molecule has 0 unspecified atom stereocenters. The van der Waals surface area contributed by atoms with Crippen molar-refractivity contribution in [2.45, 2.75) is 38.6 Å². The van der Waals surface area contributed by atoms with E-state index in [-0.39, 0.29) is 18.0 Å². The lowest BCUT2D eigenvalue weighted by Crippen LogP contribution is -2.46. The number of carbonyl (C=O) groups is 2. The van der Waals surface area contributed by atoms with E-state index in [0.29, 0.717) is 25.3 Å². The summed E-state index contributed by atoms with van der Waals surface area (Å²) in [4.78, 5) is 30.3. The number of unbranched alkanes of at least 4 members (excludes halogenated alkanes) is 1. The van der Waals surface area contributed by atoms with Gasteiger partial charge in [-0.3, -0.25) is 4.79 Å². The van der Waals surface area contributed by atoms with Gasteiger partial charge in [0.2, 0.25) is 0 Å². The number of amides is 2. The third-order valence-corrected chi connectivity index (χ3v) is 4.75. The molecule has 1 saturated heterocycles. The maximum atomic E-state index is 12.7. The molecule has 1 aliphatic rings. The quantitative estimate of drug-likeness (QED) is 0.793. The number of piperidine rings is 1. The van der Waals surface area contributed by atoms with Crippen LogP contribution in [0, 0.1) is 0 Å². The molecular weight excluding hydrogens is 344 g/mol. The zero-order valence-corrected chi connectivity index (χ0v) is 15.6. The lowest BCUT2D eigenvalue weighted by molar-refractivity contribution is 0.0702. The summed E-state index contributed by atoms with van der Waals surface area (Å²) in [6.07, 6.45) is 8.30. The molecule has 0 bridgehead atoms. The topological polar surface area (TPSA) is 76.5 Å². The zero-order valence-electron chi connectivity index (χ0n) is 15.6. The second kappa shape index (κ2) is 9.21. The molecular formula is C20H26N4O3. The predicted octanol–water partition coefficient (Wildman–Crippen LogP) is 3.00. The first-order chi connectivity index (χ1) is 13.2. The van der Waals surface area contributed by atoms with E-state index >= 15 is 0 Å². The van der Waals surface area contributed by atoms with Gasteiger partial charge in [0.25, 0.3) is 5.91 Å². The molecule has 1 N–H and O–H groups in total. The molecule has 0 radical (unpaired) electrons. The summed E-state index contributed by atoms with van der Waals surface area (Å²) < 4.78 is 7.03. The Hall–Kier alpha value is -2.83. The van der Waals surface area contributed by atoms with Crippen molar-refractivity contribution >= 4 is 12.0 Å². The average molecular weight is 370 g/mol. The van der Waals surface area contributed by atoms with E-state index in [1.807, 2.05) is 39.9 Å². The second-order valence-corrected chi connectivity index (χ2v) is 6.72. The highest BCUT2D eigenvalue weighted by Gasteiger charge is 2.24. The van der Waals surface area contributed by atoms with Gasteiger partial charge in [0.1, 0.15) is 0 Å². The number of nitrogens with one attached hydrogen (secondary N) is 1. The van der Waals surface area contributed by atoms with E-state index in [0.717, 1.165) is 31.4 Å². The van der Waals surface area contributed by atoms with Gasteiger partial charge in [0, 0.05) is 42.8 Å². The summed E-state index contributed by atoms with van der Waals surface area (Å²) in [5, 5.41) is 2.89. The fourth-order valence-corrected chi connectivity index (χ4v) is 3.12. The van der Waals surface area contributed by atoms with Gasteiger partial charge in [-0.25, -0.2) is 9.78 Å². The van der Waals surface area contributed by atoms with E-state index in [1.54, 1.807) is 12.5 Å². The van der Waals surface area contributed by atoms with Gasteiger partial charge in [-0.15, -0.1) is 0 Å². The fourth-order valence-electron chi connectivity index (χ4n) is 3.12. The molecule has 144 valence electrons. The molecule has 0 spiro atoms. The molecule has 0 aliphatic carbocycles. The predicted molar refractivity (Wildman–Crippen MR) is 102 cm³/mol. The van der Waals surface area contributed by atoms with Gasteiger partial charge >= 0.3 is 6.09 Å². The molecule has 3 rings (SSSR count). The van der Waals surface area contributed by atoms with Crippen LogP contribution < -0.4 is 5.32 Å².